The number of anilines is 1. The number of imide groups is 1. The van der Waals surface area contributed by atoms with E-state index in [-0.39, 0.29) is 17.2 Å². The molecule has 14 heteroatoms. The molecule has 0 saturated heterocycles. The van der Waals surface area contributed by atoms with Gasteiger partial charge in [-0.05, 0) is 78.7 Å². The van der Waals surface area contributed by atoms with Gasteiger partial charge >= 0.3 is 12.2 Å². The lowest BCUT2D eigenvalue weighted by atomic mass is 9.45. The standard InChI is InChI=1S/C33H38N10O4/c1-30(2,3)46-28(44)43(29(45)47-31(4,5)6)26-12-23(39-40(26)7)24-18-41-25(8-11-36-41)27(38-24)22-16-37-42(17-22)33(9-10-34)19-32(20-33)13-21(14-32)15-35/h8,11-12,16-18,21H,9,13-14,19-20H2,1-7H3. The van der Waals surface area contributed by atoms with Crippen molar-refractivity contribution in [1.82, 2.24) is 34.2 Å². The van der Waals surface area contributed by atoms with E-state index < -0.39 is 28.9 Å². The van der Waals surface area contributed by atoms with Gasteiger partial charge in [0.15, 0.2) is 0 Å². The summed E-state index contributed by atoms with van der Waals surface area (Å²) in [4.78, 5) is 32.4. The topological polar surface area (TPSA) is 169 Å². The highest BCUT2D eigenvalue weighted by molar-refractivity contribution is 6.09. The first-order valence-electron chi connectivity index (χ1n) is 15.5. The van der Waals surface area contributed by atoms with E-state index >= 15 is 0 Å². The average molecular weight is 639 g/mol. The lowest BCUT2D eigenvalue weighted by Crippen LogP contribution is -2.58. The van der Waals surface area contributed by atoms with E-state index in [1.54, 1.807) is 77.8 Å². The minimum Gasteiger partial charge on any atom is -0.443 e. The Balaban J connectivity index is 1.36. The molecule has 244 valence electrons. The number of carbonyl (C=O) groups is 2. The SMILES string of the molecule is Cn1nc(-c2cn3nccc3c(-c3cnn(C4(CC#N)CC5(CC(C#N)C5)C4)c3)n2)cc1N(C(=O)OC(C)(C)C)C(=O)OC(C)(C)C. The predicted molar refractivity (Wildman–Crippen MR) is 170 cm³/mol. The molecule has 4 aromatic heterocycles. The fourth-order valence-corrected chi connectivity index (χ4v) is 6.86. The van der Waals surface area contributed by atoms with Crippen LogP contribution >= 0.6 is 0 Å². The first kappa shape index (κ1) is 31.7. The van der Waals surface area contributed by atoms with Crippen molar-refractivity contribution in [1.29, 1.82) is 10.5 Å². The summed E-state index contributed by atoms with van der Waals surface area (Å²) in [6, 6.07) is 8.13. The number of hydrogen-bond acceptors (Lipinski definition) is 10. The molecule has 6 rings (SSSR count). The molecule has 14 nitrogen and oxygen atoms in total. The molecule has 2 amide bonds. The molecule has 0 unspecified atom stereocenters. The molecule has 0 N–H and O–H groups in total. The summed E-state index contributed by atoms with van der Waals surface area (Å²) in [7, 11) is 1.61. The Bertz CT molecular complexity index is 1920. The highest BCUT2D eigenvalue weighted by Gasteiger charge is 2.61. The maximum atomic E-state index is 13.3. The van der Waals surface area contributed by atoms with Crippen LogP contribution in [-0.4, -0.2) is 57.5 Å². The van der Waals surface area contributed by atoms with Gasteiger partial charge in [-0.3, -0.25) is 9.36 Å². The minimum atomic E-state index is -0.904. The number of carbonyl (C=O) groups excluding carboxylic acids is 2. The predicted octanol–water partition coefficient (Wildman–Crippen LogP) is 5.99. The summed E-state index contributed by atoms with van der Waals surface area (Å²) < 4.78 is 16.1. The van der Waals surface area contributed by atoms with Crippen molar-refractivity contribution in [2.75, 3.05) is 4.90 Å². The van der Waals surface area contributed by atoms with Gasteiger partial charge in [-0.15, -0.1) is 0 Å². The van der Waals surface area contributed by atoms with Crippen molar-refractivity contribution in [3.8, 4) is 34.8 Å². The maximum Gasteiger partial charge on any atom is 0.425 e. The van der Waals surface area contributed by atoms with Crippen LogP contribution in [0.1, 0.15) is 73.6 Å². The normalized spacial score (nSPS) is 22.2. The van der Waals surface area contributed by atoms with Crippen LogP contribution < -0.4 is 4.90 Å². The lowest BCUT2D eigenvalue weighted by Gasteiger charge is -2.61. The Labute approximate surface area is 272 Å². The highest BCUT2D eigenvalue weighted by Crippen LogP contribution is 2.66. The molecule has 47 heavy (non-hydrogen) atoms. The molecule has 0 aliphatic heterocycles. The fourth-order valence-electron chi connectivity index (χ4n) is 6.86. The lowest BCUT2D eigenvalue weighted by molar-refractivity contribution is -0.108. The molecular formula is C33H38N10O4. The third-order valence-corrected chi connectivity index (χ3v) is 8.59. The van der Waals surface area contributed by atoms with Gasteiger partial charge in [0, 0.05) is 30.8 Å². The first-order chi connectivity index (χ1) is 22.0. The third kappa shape index (κ3) is 5.91. The summed E-state index contributed by atoms with van der Waals surface area (Å²) in [5.74, 6) is 0.227. The van der Waals surface area contributed by atoms with Crippen molar-refractivity contribution >= 4 is 23.5 Å². The Kier molecular flexibility index (Phi) is 7.38. The second-order valence-corrected chi connectivity index (χ2v) is 14.8. The van der Waals surface area contributed by atoms with Crippen molar-refractivity contribution in [2.24, 2.45) is 18.4 Å². The van der Waals surface area contributed by atoms with E-state index in [1.807, 2.05) is 16.9 Å². The van der Waals surface area contributed by atoms with Crippen LogP contribution in [0.25, 0.3) is 28.2 Å². The third-order valence-electron chi connectivity index (χ3n) is 8.59. The number of hydrogen-bond donors (Lipinski definition) is 0. The second kappa shape index (κ2) is 10.9. The molecule has 1 spiro atoms. The van der Waals surface area contributed by atoms with Gasteiger partial charge in [-0.1, -0.05) is 0 Å². The van der Waals surface area contributed by atoms with Crippen LogP contribution in [0.2, 0.25) is 0 Å². The molecule has 0 atom stereocenters. The molecule has 2 fully saturated rings. The molecule has 0 bridgehead atoms. The van der Waals surface area contributed by atoms with Crippen LogP contribution in [0, 0.1) is 34.0 Å². The maximum absolute atomic E-state index is 13.3. The fraction of sp³-hybridized carbons (Fsp3) is 0.515. The zero-order chi connectivity index (χ0) is 33.9. The summed E-state index contributed by atoms with van der Waals surface area (Å²) in [5.41, 5.74) is 0.844. The Morgan fingerprint density at radius 3 is 2.28 bits per heavy atom. The quantitative estimate of drug-likeness (QED) is 0.253. The highest BCUT2D eigenvalue weighted by atomic mass is 16.6. The van der Waals surface area contributed by atoms with Gasteiger partial charge in [-0.25, -0.2) is 19.1 Å². The Morgan fingerprint density at radius 1 is 1.02 bits per heavy atom. The molecule has 4 aromatic rings. The monoisotopic (exact) mass is 638 g/mol. The number of nitrogens with zero attached hydrogens (tertiary/aromatic N) is 10. The van der Waals surface area contributed by atoms with Gasteiger partial charge in [-0.2, -0.15) is 30.7 Å². The Hall–Kier alpha value is -5.24. The first-order valence-corrected chi connectivity index (χ1v) is 15.5. The minimum absolute atomic E-state index is 0.0952. The van der Waals surface area contributed by atoms with Crippen LogP contribution in [0.4, 0.5) is 15.4 Å². The van der Waals surface area contributed by atoms with Crippen molar-refractivity contribution in [3.05, 3.63) is 36.9 Å². The van der Waals surface area contributed by atoms with Crippen LogP contribution in [0.3, 0.4) is 0 Å². The summed E-state index contributed by atoms with van der Waals surface area (Å²) >= 11 is 0. The summed E-state index contributed by atoms with van der Waals surface area (Å²) in [6.07, 6.45) is 8.92. The summed E-state index contributed by atoms with van der Waals surface area (Å²) in [6.45, 7) is 10.3. The van der Waals surface area contributed by atoms with E-state index in [1.165, 1.54) is 4.68 Å². The molecular weight excluding hydrogens is 600 g/mol. The van der Waals surface area contributed by atoms with Gasteiger partial charge in [0.05, 0.1) is 53.9 Å². The molecule has 0 radical (unpaired) electrons. The van der Waals surface area contributed by atoms with Crippen LogP contribution in [0.5, 0.6) is 0 Å². The zero-order valence-corrected chi connectivity index (χ0v) is 27.7. The van der Waals surface area contributed by atoms with Crippen LogP contribution in [0.15, 0.2) is 36.9 Å². The summed E-state index contributed by atoms with van der Waals surface area (Å²) in [5, 5.41) is 32.7. The molecule has 2 aliphatic rings. The number of rotatable bonds is 5. The number of ether oxygens (including phenoxy) is 2. The van der Waals surface area contributed by atoms with E-state index in [2.05, 4.69) is 22.3 Å². The molecule has 0 aromatic carbocycles. The van der Waals surface area contributed by atoms with Crippen molar-refractivity contribution < 1.29 is 19.1 Å². The van der Waals surface area contributed by atoms with E-state index in [9.17, 15) is 20.1 Å². The number of aromatic nitrogens is 7. The van der Waals surface area contributed by atoms with Gasteiger partial charge in [0.1, 0.15) is 28.4 Å². The number of nitriles is 2. The van der Waals surface area contributed by atoms with E-state index in [0.29, 0.717) is 23.5 Å². The smallest absolute Gasteiger partial charge is 0.425 e. The number of amides is 2. The molecule has 4 heterocycles. The average Bonchev–Trinajstić information content (AvgIpc) is 3.67. The van der Waals surface area contributed by atoms with Gasteiger partial charge < -0.3 is 9.47 Å². The van der Waals surface area contributed by atoms with E-state index in [4.69, 9.17) is 19.6 Å². The van der Waals surface area contributed by atoms with E-state index in [0.717, 1.165) is 41.7 Å². The van der Waals surface area contributed by atoms with Gasteiger partial charge in [0.25, 0.3) is 0 Å². The van der Waals surface area contributed by atoms with Crippen molar-refractivity contribution in [2.45, 2.75) is 90.4 Å². The zero-order valence-electron chi connectivity index (χ0n) is 27.7. The Morgan fingerprint density at radius 2 is 1.68 bits per heavy atom. The number of fused-ring (bicyclic) bond motifs is 1. The molecule has 2 aliphatic carbocycles. The number of aryl methyl sites for hydroxylation is 1. The largest absolute Gasteiger partial charge is 0.443 e. The van der Waals surface area contributed by atoms with Crippen LogP contribution in [-0.2, 0) is 22.1 Å². The van der Waals surface area contributed by atoms with Crippen molar-refractivity contribution in [3.63, 3.8) is 0 Å². The second-order valence-electron chi connectivity index (χ2n) is 14.8. The van der Waals surface area contributed by atoms with Gasteiger partial charge in [0.2, 0.25) is 0 Å². The molecule has 2 saturated carbocycles.